The van der Waals surface area contributed by atoms with E-state index in [9.17, 15) is 9.59 Å². The Kier molecular flexibility index (Phi) is 8.56. The third kappa shape index (κ3) is 9.68. The SMILES string of the molecule is CC(C)C(Cl)=CC(Cl)=CCC(NC(=O)OC(C)(C)C)C(=O)O. The molecule has 0 saturated carbocycles. The van der Waals surface area contributed by atoms with E-state index in [0.29, 0.717) is 10.1 Å². The highest BCUT2D eigenvalue weighted by Gasteiger charge is 2.23. The number of alkyl carbamates (subject to hydrolysis) is 1. The van der Waals surface area contributed by atoms with Crippen molar-refractivity contribution >= 4 is 35.3 Å². The van der Waals surface area contributed by atoms with Crippen molar-refractivity contribution in [1.82, 2.24) is 5.32 Å². The second-order valence-corrected chi connectivity index (χ2v) is 6.92. The van der Waals surface area contributed by atoms with Crippen LogP contribution < -0.4 is 5.32 Å². The summed E-state index contributed by atoms with van der Waals surface area (Å²) in [6.45, 7) is 8.90. The van der Waals surface area contributed by atoms with Gasteiger partial charge in [-0.1, -0.05) is 43.1 Å². The summed E-state index contributed by atoms with van der Waals surface area (Å²) in [5.74, 6) is -1.05. The number of carboxylic acids is 1. The van der Waals surface area contributed by atoms with Crippen LogP contribution in [-0.2, 0) is 9.53 Å². The molecule has 0 aliphatic heterocycles. The molecule has 0 fully saturated rings. The van der Waals surface area contributed by atoms with Crippen molar-refractivity contribution in [2.75, 3.05) is 0 Å². The highest BCUT2D eigenvalue weighted by molar-refractivity contribution is 6.34. The van der Waals surface area contributed by atoms with Crippen molar-refractivity contribution in [3.63, 3.8) is 0 Å². The maximum absolute atomic E-state index is 11.6. The van der Waals surface area contributed by atoms with E-state index in [4.69, 9.17) is 33.0 Å². The minimum atomic E-state index is -1.18. The topological polar surface area (TPSA) is 75.6 Å². The molecule has 0 bridgehead atoms. The van der Waals surface area contributed by atoms with Gasteiger partial charge in [0.25, 0.3) is 0 Å². The minimum absolute atomic E-state index is 0.0200. The van der Waals surface area contributed by atoms with Gasteiger partial charge in [-0.25, -0.2) is 9.59 Å². The molecule has 0 spiro atoms. The van der Waals surface area contributed by atoms with Crippen LogP contribution in [0, 0.1) is 5.92 Å². The van der Waals surface area contributed by atoms with Crippen LogP contribution in [-0.4, -0.2) is 28.8 Å². The van der Waals surface area contributed by atoms with Crippen LogP contribution in [0.15, 0.2) is 22.2 Å². The molecule has 0 aromatic carbocycles. The summed E-state index contributed by atoms with van der Waals surface area (Å²) in [5, 5.41) is 12.3. The van der Waals surface area contributed by atoms with Gasteiger partial charge in [-0.05, 0) is 39.2 Å². The molecule has 126 valence electrons. The van der Waals surface area contributed by atoms with Gasteiger partial charge in [0.2, 0.25) is 0 Å². The van der Waals surface area contributed by atoms with Crippen molar-refractivity contribution in [2.24, 2.45) is 5.92 Å². The number of hydrogen-bond acceptors (Lipinski definition) is 3. The monoisotopic (exact) mass is 351 g/mol. The largest absolute Gasteiger partial charge is 0.480 e. The van der Waals surface area contributed by atoms with Crippen LogP contribution in [0.25, 0.3) is 0 Å². The number of nitrogens with one attached hydrogen (secondary N) is 1. The van der Waals surface area contributed by atoms with Gasteiger partial charge >= 0.3 is 12.1 Å². The summed E-state index contributed by atoms with van der Waals surface area (Å²) < 4.78 is 5.02. The molecule has 0 aromatic heterocycles. The lowest BCUT2D eigenvalue weighted by Gasteiger charge is -2.21. The van der Waals surface area contributed by atoms with Crippen LogP contribution >= 0.6 is 23.2 Å². The van der Waals surface area contributed by atoms with Crippen molar-refractivity contribution in [2.45, 2.75) is 52.7 Å². The molecule has 2 N–H and O–H groups in total. The normalized spacial score (nSPS) is 14.7. The summed E-state index contributed by atoms with van der Waals surface area (Å²) >= 11 is 12.0. The van der Waals surface area contributed by atoms with Gasteiger partial charge in [-0.15, -0.1) is 0 Å². The van der Waals surface area contributed by atoms with E-state index in [1.165, 1.54) is 6.08 Å². The van der Waals surface area contributed by atoms with Gasteiger partial charge in [0.05, 0.1) is 0 Å². The molecule has 1 atom stereocenters. The predicted octanol–water partition coefficient (Wildman–Crippen LogP) is 4.26. The van der Waals surface area contributed by atoms with Crippen molar-refractivity contribution < 1.29 is 19.4 Å². The summed E-state index contributed by atoms with van der Waals surface area (Å²) in [6, 6.07) is -1.13. The molecular weight excluding hydrogens is 329 g/mol. The second-order valence-electron chi connectivity index (χ2n) is 6.05. The molecule has 0 heterocycles. The lowest BCUT2D eigenvalue weighted by Crippen LogP contribution is -2.43. The molecule has 22 heavy (non-hydrogen) atoms. The smallest absolute Gasteiger partial charge is 0.408 e. The summed E-state index contributed by atoms with van der Waals surface area (Å²) in [5.41, 5.74) is -0.700. The van der Waals surface area contributed by atoms with Gasteiger partial charge in [-0.3, -0.25) is 0 Å². The highest BCUT2D eigenvalue weighted by atomic mass is 35.5. The Morgan fingerprint density at radius 1 is 1.27 bits per heavy atom. The first-order valence-electron chi connectivity index (χ1n) is 6.87. The van der Waals surface area contributed by atoms with E-state index >= 15 is 0 Å². The first-order valence-corrected chi connectivity index (χ1v) is 7.63. The number of hydrogen-bond donors (Lipinski definition) is 2. The summed E-state index contributed by atoms with van der Waals surface area (Å²) in [6.07, 6.45) is 2.27. The van der Waals surface area contributed by atoms with Crippen LogP contribution in [0.3, 0.4) is 0 Å². The molecule has 0 aromatic rings. The molecule has 0 radical (unpaired) electrons. The number of amides is 1. The zero-order valence-electron chi connectivity index (χ0n) is 13.4. The number of carboxylic acid groups (broad SMARTS) is 1. The fraction of sp³-hybridized carbons (Fsp3) is 0.600. The molecule has 0 aliphatic carbocycles. The Morgan fingerprint density at radius 3 is 2.23 bits per heavy atom. The Balaban J connectivity index is 4.77. The van der Waals surface area contributed by atoms with E-state index in [2.05, 4.69) is 5.32 Å². The van der Waals surface area contributed by atoms with Crippen LogP contribution in [0.1, 0.15) is 41.0 Å². The number of ether oxygens (including phenoxy) is 1. The maximum atomic E-state index is 11.6. The number of carbonyl (C=O) groups excluding carboxylic acids is 1. The van der Waals surface area contributed by atoms with Gasteiger partial charge < -0.3 is 15.2 Å². The highest BCUT2D eigenvalue weighted by Crippen LogP contribution is 2.19. The van der Waals surface area contributed by atoms with E-state index in [0.717, 1.165) is 0 Å². The Labute approximate surface area is 141 Å². The molecule has 5 nitrogen and oxygen atoms in total. The molecule has 1 amide bonds. The van der Waals surface area contributed by atoms with Crippen molar-refractivity contribution in [3.05, 3.63) is 22.2 Å². The van der Waals surface area contributed by atoms with Gasteiger partial charge in [0, 0.05) is 10.1 Å². The zero-order valence-corrected chi connectivity index (χ0v) is 15.0. The quantitative estimate of drug-likeness (QED) is 0.701. The number of halogens is 2. The zero-order chi connectivity index (χ0) is 17.5. The van der Waals surface area contributed by atoms with Crippen LogP contribution in [0.5, 0.6) is 0 Å². The van der Waals surface area contributed by atoms with Crippen LogP contribution in [0.4, 0.5) is 4.79 Å². The standard InChI is InChI=1S/C15H23Cl2NO4/c1-9(2)11(17)8-10(16)6-7-12(13(19)20)18-14(21)22-15(3,4)5/h6,8-9,12H,7H2,1-5H3,(H,18,21)(H,19,20). The number of rotatable bonds is 6. The average molecular weight is 352 g/mol. The number of allylic oxidation sites excluding steroid dienone is 3. The second kappa shape index (κ2) is 9.06. The maximum Gasteiger partial charge on any atom is 0.408 e. The average Bonchev–Trinajstić information content (AvgIpc) is 2.31. The van der Waals surface area contributed by atoms with Crippen molar-refractivity contribution in [1.29, 1.82) is 0 Å². The third-order valence-corrected chi connectivity index (χ3v) is 3.17. The molecule has 0 saturated heterocycles. The Hall–Kier alpha value is -1.20. The van der Waals surface area contributed by atoms with Gasteiger partial charge in [0.1, 0.15) is 11.6 Å². The lowest BCUT2D eigenvalue weighted by molar-refractivity contribution is -0.139. The van der Waals surface area contributed by atoms with Gasteiger partial charge in [0.15, 0.2) is 0 Å². The predicted molar refractivity (Wildman–Crippen MR) is 88.1 cm³/mol. The molecule has 1 unspecified atom stereocenters. The molecule has 7 heteroatoms. The lowest BCUT2D eigenvalue weighted by atomic mass is 10.1. The first kappa shape index (κ1) is 20.8. The van der Waals surface area contributed by atoms with E-state index in [1.54, 1.807) is 26.8 Å². The third-order valence-electron chi connectivity index (χ3n) is 2.36. The molecule has 0 aliphatic rings. The Bertz CT molecular complexity index is 465. The fourth-order valence-electron chi connectivity index (χ4n) is 1.26. The molecular formula is C15H23Cl2NO4. The van der Waals surface area contributed by atoms with Crippen LogP contribution in [0.2, 0.25) is 0 Å². The fourth-order valence-corrected chi connectivity index (χ4v) is 1.64. The number of aliphatic carboxylic acids is 1. The van der Waals surface area contributed by atoms with E-state index < -0.39 is 23.7 Å². The van der Waals surface area contributed by atoms with E-state index in [1.807, 2.05) is 13.8 Å². The summed E-state index contributed by atoms with van der Waals surface area (Å²) in [4.78, 5) is 22.8. The number of carbonyl (C=O) groups is 2. The van der Waals surface area contributed by atoms with Gasteiger partial charge in [-0.2, -0.15) is 0 Å². The molecule has 0 rings (SSSR count). The Morgan fingerprint density at radius 2 is 1.82 bits per heavy atom. The minimum Gasteiger partial charge on any atom is -0.480 e. The van der Waals surface area contributed by atoms with Crippen molar-refractivity contribution in [3.8, 4) is 0 Å². The van der Waals surface area contributed by atoms with E-state index in [-0.39, 0.29) is 12.3 Å². The summed E-state index contributed by atoms with van der Waals surface area (Å²) in [7, 11) is 0. The first-order chi connectivity index (χ1) is 9.92.